The van der Waals surface area contributed by atoms with Crippen LogP contribution in [0.4, 0.5) is 0 Å². The molecule has 0 aromatic heterocycles. The zero-order valence-corrected chi connectivity index (χ0v) is 10.8. The van der Waals surface area contributed by atoms with E-state index in [2.05, 4.69) is 0 Å². The summed E-state index contributed by atoms with van der Waals surface area (Å²) in [4.78, 5) is 0. The van der Waals surface area contributed by atoms with Gasteiger partial charge in [0.15, 0.2) is 12.4 Å². The maximum atomic E-state index is 5.69. The van der Waals surface area contributed by atoms with Crippen molar-refractivity contribution in [3.8, 4) is 0 Å². The summed E-state index contributed by atoms with van der Waals surface area (Å²) in [6, 6.07) is 0. The van der Waals surface area contributed by atoms with Gasteiger partial charge >= 0.3 is 5.24 Å². The van der Waals surface area contributed by atoms with Crippen molar-refractivity contribution in [3.05, 3.63) is 0 Å². The van der Waals surface area contributed by atoms with Gasteiger partial charge in [-0.05, 0) is 0 Å². The van der Waals surface area contributed by atoms with Gasteiger partial charge in [-0.3, -0.25) is 0 Å². The molecule has 2 fully saturated rings. The Bertz CT molecular complexity index is 286. The van der Waals surface area contributed by atoms with Crippen molar-refractivity contribution in [1.82, 2.24) is 0 Å². The average molecular weight is 264 g/mol. The number of fused-ring (bicyclic) bond motifs is 1. The molecule has 0 radical (unpaired) electrons. The predicted octanol–water partition coefficient (Wildman–Crippen LogP) is 0.0880. The molecule has 2 aliphatic heterocycles. The Hall–Kier alpha value is -0.470. The van der Waals surface area contributed by atoms with Crippen LogP contribution in [0.2, 0.25) is 0 Å². The number of ether oxygens (including phenoxy) is 6. The molecule has 7 heteroatoms. The second-order valence-electron chi connectivity index (χ2n) is 3.82. The first kappa shape index (κ1) is 13.0. The van der Waals surface area contributed by atoms with Crippen molar-refractivity contribution in [2.45, 2.75) is 30.7 Å². The van der Waals surface area contributed by atoms with Gasteiger partial charge in [-0.2, -0.15) is 0 Å². The van der Waals surface area contributed by atoms with Crippen molar-refractivity contribution < 1.29 is 28.4 Å². The van der Waals surface area contributed by atoms with E-state index >= 15 is 0 Å². The molecule has 2 heterocycles. The molecular weight excluding hydrogens is 248 g/mol. The van der Waals surface area contributed by atoms with E-state index < -0.39 is 6.29 Å². The number of rotatable bonds is 3. The minimum absolute atomic E-state index is 0.114. The zero-order valence-electron chi connectivity index (χ0n) is 9.95. The largest absolute Gasteiger partial charge is 0.454 e. The molecule has 0 N–H and O–H groups in total. The Morgan fingerprint density at radius 3 is 2.41 bits per heavy atom. The van der Waals surface area contributed by atoms with Gasteiger partial charge in [0.05, 0.1) is 0 Å². The van der Waals surface area contributed by atoms with E-state index in [0.29, 0.717) is 6.61 Å². The number of hydrogen-bond acceptors (Lipinski definition) is 7. The van der Waals surface area contributed by atoms with Gasteiger partial charge < -0.3 is 28.4 Å². The lowest BCUT2D eigenvalue weighted by Crippen LogP contribution is -2.63. The molecule has 2 aliphatic rings. The summed E-state index contributed by atoms with van der Waals surface area (Å²) < 4.78 is 32.3. The van der Waals surface area contributed by atoms with Crippen molar-refractivity contribution in [2.75, 3.05) is 27.9 Å². The van der Waals surface area contributed by atoms with Crippen LogP contribution in [0.3, 0.4) is 0 Å². The fourth-order valence-corrected chi connectivity index (χ4v) is 2.34. The third kappa shape index (κ3) is 2.38. The van der Waals surface area contributed by atoms with E-state index in [1.807, 2.05) is 0 Å². The Morgan fingerprint density at radius 2 is 1.82 bits per heavy atom. The van der Waals surface area contributed by atoms with Crippen LogP contribution in [0.1, 0.15) is 0 Å². The monoisotopic (exact) mass is 264 g/mol. The summed E-state index contributed by atoms with van der Waals surface area (Å²) in [5, 5.41) is 0.114. The number of methoxy groups -OCH3 is 3. The highest BCUT2D eigenvalue weighted by Crippen LogP contribution is 2.30. The second-order valence-corrected chi connectivity index (χ2v) is 4.16. The molecule has 0 amide bonds. The van der Waals surface area contributed by atoms with Gasteiger partial charge in [-0.1, -0.05) is 0 Å². The fraction of sp³-hybridized carbons (Fsp3) is 0.900. The van der Waals surface area contributed by atoms with Crippen molar-refractivity contribution >= 4 is 17.5 Å². The highest BCUT2D eigenvalue weighted by Gasteiger charge is 2.50. The van der Waals surface area contributed by atoms with E-state index in [9.17, 15) is 0 Å². The molecule has 0 aromatic carbocycles. The highest BCUT2D eigenvalue weighted by molar-refractivity contribution is 7.79. The molecule has 2 rings (SSSR count). The van der Waals surface area contributed by atoms with Gasteiger partial charge in [0.25, 0.3) is 0 Å². The minimum atomic E-state index is -0.509. The molecule has 0 aliphatic carbocycles. The first-order chi connectivity index (χ1) is 8.21. The lowest BCUT2D eigenvalue weighted by molar-refractivity contribution is -0.309. The number of thiocarbonyl (C=S) groups is 1. The standard InChI is InChI=1S/C10H16O6S/c1-11-7-6-5(4-14-10(17)16-6)15-9(13-3)8(7)12-2/h5-9H,4H2,1-3H3/t5-,6-,7+,8-,9+/m1/s1. The third-order valence-electron chi connectivity index (χ3n) is 2.97. The molecule has 2 saturated heterocycles. The molecular formula is C10H16O6S. The van der Waals surface area contributed by atoms with E-state index in [1.54, 1.807) is 21.3 Å². The molecule has 17 heavy (non-hydrogen) atoms. The average Bonchev–Trinajstić information content (AvgIpc) is 2.36. The fourth-order valence-electron chi connectivity index (χ4n) is 2.16. The van der Waals surface area contributed by atoms with Gasteiger partial charge in [0.1, 0.15) is 24.9 Å². The van der Waals surface area contributed by atoms with Crippen LogP contribution in [-0.4, -0.2) is 63.9 Å². The Kier molecular flexibility index (Phi) is 4.16. The lowest BCUT2D eigenvalue weighted by atomic mass is 9.98. The van der Waals surface area contributed by atoms with Gasteiger partial charge in [0.2, 0.25) is 0 Å². The van der Waals surface area contributed by atoms with Gasteiger partial charge in [-0.15, -0.1) is 0 Å². The smallest absolute Gasteiger partial charge is 0.352 e. The summed E-state index contributed by atoms with van der Waals surface area (Å²) in [7, 11) is 4.72. The summed E-state index contributed by atoms with van der Waals surface area (Å²) in [6.07, 6.45) is -1.80. The Morgan fingerprint density at radius 1 is 1.12 bits per heavy atom. The van der Waals surface area contributed by atoms with Gasteiger partial charge in [0, 0.05) is 33.5 Å². The van der Waals surface area contributed by atoms with Gasteiger partial charge in [-0.25, -0.2) is 0 Å². The zero-order chi connectivity index (χ0) is 12.4. The molecule has 0 saturated carbocycles. The van der Waals surface area contributed by atoms with Crippen LogP contribution < -0.4 is 0 Å². The third-order valence-corrected chi connectivity index (χ3v) is 3.18. The van der Waals surface area contributed by atoms with Crippen LogP contribution in [-0.2, 0) is 28.4 Å². The summed E-state index contributed by atoms with van der Waals surface area (Å²) >= 11 is 4.88. The molecule has 98 valence electrons. The van der Waals surface area contributed by atoms with Crippen LogP contribution in [0, 0.1) is 0 Å². The van der Waals surface area contributed by atoms with E-state index in [4.69, 9.17) is 40.6 Å². The number of hydrogen-bond donors (Lipinski definition) is 0. The topological polar surface area (TPSA) is 55.4 Å². The summed E-state index contributed by atoms with van der Waals surface area (Å²) in [5.74, 6) is 0. The SMILES string of the molecule is CO[C@H]1O[C@@H]2COC(=S)O[C@H]2[C@H](OC)[C@H]1OC. The van der Waals surface area contributed by atoms with Crippen molar-refractivity contribution in [1.29, 1.82) is 0 Å². The normalized spacial score (nSPS) is 41.4. The first-order valence-electron chi connectivity index (χ1n) is 5.28. The predicted molar refractivity (Wildman–Crippen MR) is 60.7 cm³/mol. The Labute approximate surface area is 105 Å². The van der Waals surface area contributed by atoms with E-state index in [1.165, 1.54) is 0 Å². The summed E-state index contributed by atoms with van der Waals surface area (Å²) in [5.41, 5.74) is 0. The molecule has 0 spiro atoms. The second kappa shape index (κ2) is 5.45. The quantitative estimate of drug-likeness (QED) is 0.669. The summed E-state index contributed by atoms with van der Waals surface area (Å²) in [6.45, 7) is 0.333. The molecule has 6 nitrogen and oxygen atoms in total. The van der Waals surface area contributed by atoms with Crippen molar-refractivity contribution in [2.24, 2.45) is 0 Å². The van der Waals surface area contributed by atoms with Crippen LogP contribution in [0.5, 0.6) is 0 Å². The highest BCUT2D eigenvalue weighted by atomic mass is 32.1. The molecule has 0 unspecified atom stereocenters. The first-order valence-corrected chi connectivity index (χ1v) is 5.69. The van der Waals surface area contributed by atoms with Crippen LogP contribution >= 0.6 is 12.2 Å². The van der Waals surface area contributed by atoms with Crippen LogP contribution in [0.15, 0.2) is 0 Å². The van der Waals surface area contributed by atoms with Crippen molar-refractivity contribution in [3.63, 3.8) is 0 Å². The maximum absolute atomic E-state index is 5.69. The minimum Gasteiger partial charge on any atom is -0.454 e. The lowest BCUT2D eigenvalue weighted by Gasteiger charge is -2.46. The molecule has 5 atom stereocenters. The molecule has 0 bridgehead atoms. The van der Waals surface area contributed by atoms with E-state index in [0.717, 1.165) is 0 Å². The van der Waals surface area contributed by atoms with Crippen LogP contribution in [0.25, 0.3) is 0 Å². The van der Waals surface area contributed by atoms with E-state index in [-0.39, 0.29) is 29.7 Å². The maximum Gasteiger partial charge on any atom is 0.352 e. The Balaban J connectivity index is 2.17. The molecule has 0 aromatic rings.